The Hall–Kier alpha value is -3.16. The number of benzene rings is 2. The van der Waals surface area contributed by atoms with Crippen molar-refractivity contribution in [1.29, 1.82) is 0 Å². The molecular weight excluding hydrogens is 270 g/mol. The molecule has 3 rings (SSSR count). The van der Waals surface area contributed by atoms with Gasteiger partial charge in [-0.1, -0.05) is 0 Å². The molecule has 0 bridgehead atoms. The second kappa shape index (κ2) is 3.44. The van der Waals surface area contributed by atoms with Crippen molar-refractivity contribution < 1.29 is 35.8 Å². The number of fused-ring (bicyclic) bond motifs is 3. The number of hydrogen-bond acceptors (Lipinski definition) is 7. The normalized spacial score (nSPS) is 11.4. The lowest BCUT2D eigenvalue weighted by molar-refractivity contribution is 0.212. The average molecular weight is 279 g/mol. The Morgan fingerprint density at radius 3 is 1.30 bits per heavy atom. The summed E-state index contributed by atoms with van der Waals surface area (Å²) >= 11 is 0. The Balaban J connectivity index is 2.71. The number of aromatic hydroxyl groups is 6. The SMILES string of the molecule is Oc1cc2c(c(O)c1O)c1c(O)c(O)c(O)cc1n2O. The van der Waals surface area contributed by atoms with Gasteiger partial charge in [0.25, 0.3) is 0 Å². The predicted octanol–water partition coefficient (Wildman–Crippen LogP) is 1.27. The van der Waals surface area contributed by atoms with Crippen LogP contribution in [0.5, 0.6) is 34.5 Å². The maximum absolute atomic E-state index is 9.94. The van der Waals surface area contributed by atoms with Crippen LogP contribution in [0.25, 0.3) is 21.8 Å². The van der Waals surface area contributed by atoms with Crippen molar-refractivity contribution in [3.8, 4) is 34.5 Å². The Kier molecular flexibility index (Phi) is 2.05. The van der Waals surface area contributed by atoms with E-state index in [9.17, 15) is 35.8 Å². The molecule has 0 unspecified atom stereocenters. The first-order valence-electron chi connectivity index (χ1n) is 5.39. The van der Waals surface area contributed by atoms with Crippen molar-refractivity contribution in [3.63, 3.8) is 0 Å². The quantitative estimate of drug-likeness (QED) is 0.242. The number of aromatic nitrogens is 1. The highest BCUT2D eigenvalue weighted by atomic mass is 16.5. The second-order valence-electron chi connectivity index (χ2n) is 4.29. The molecule has 8 nitrogen and oxygen atoms in total. The molecule has 0 saturated heterocycles. The molecule has 0 fully saturated rings. The average Bonchev–Trinajstić information content (AvgIpc) is 2.68. The Bertz CT molecular complexity index is 810. The first kappa shape index (κ1) is 11.9. The number of hydrogen-bond donors (Lipinski definition) is 7. The summed E-state index contributed by atoms with van der Waals surface area (Å²) in [5.41, 5.74) is -0.263. The molecule has 0 amide bonds. The van der Waals surface area contributed by atoms with E-state index >= 15 is 0 Å². The molecule has 0 saturated carbocycles. The summed E-state index contributed by atoms with van der Waals surface area (Å²) < 4.78 is 0.489. The number of rotatable bonds is 0. The fourth-order valence-corrected chi connectivity index (χ4v) is 2.22. The van der Waals surface area contributed by atoms with Crippen molar-refractivity contribution >= 4 is 21.8 Å². The van der Waals surface area contributed by atoms with Crippen molar-refractivity contribution in [2.45, 2.75) is 0 Å². The summed E-state index contributed by atoms with van der Waals surface area (Å²) in [4.78, 5) is 0. The van der Waals surface area contributed by atoms with Gasteiger partial charge >= 0.3 is 0 Å². The number of phenols is 6. The van der Waals surface area contributed by atoms with E-state index in [0.717, 1.165) is 12.1 Å². The van der Waals surface area contributed by atoms with Gasteiger partial charge in [0.05, 0.1) is 21.8 Å². The Morgan fingerprint density at radius 2 is 0.950 bits per heavy atom. The number of phenolic OH excluding ortho intramolecular Hbond substituents is 6. The maximum Gasteiger partial charge on any atom is 0.201 e. The summed E-state index contributed by atoms with van der Waals surface area (Å²) in [6.45, 7) is 0. The van der Waals surface area contributed by atoms with Crippen molar-refractivity contribution in [2.75, 3.05) is 0 Å². The smallest absolute Gasteiger partial charge is 0.201 e. The van der Waals surface area contributed by atoms with E-state index in [1.54, 1.807) is 0 Å². The monoisotopic (exact) mass is 279 g/mol. The molecule has 20 heavy (non-hydrogen) atoms. The van der Waals surface area contributed by atoms with Crippen LogP contribution in [0.1, 0.15) is 0 Å². The molecule has 104 valence electrons. The van der Waals surface area contributed by atoms with Gasteiger partial charge in [-0.3, -0.25) is 0 Å². The zero-order valence-corrected chi connectivity index (χ0v) is 9.73. The van der Waals surface area contributed by atoms with Crippen LogP contribution in [0, 0.1) is 0 Å². The fraction of sp³-hybridized carbons (Fsp3) is 0. The maximum atomic E-state index is 9.94. The molecule has 0 aliphatic carbocycles. The van der Waals surface area contributed by atoms with E-state index in [0.29, 0.717) is 4.73 Å². The molecule has 1 aromatic heterocycles. The molecule has 2 aromatic carbocycles. The van der Waals surface area contributed by atoms with Gasteiger partial charge in [-0.2, -0.15) is 4.73 Å². The van der Waals surface area contributed by atoms with Crippen LogP contribution in [0.4, 0.5) is 0 Å². The first-order valence-corrected chi connectivity index (χ1v) is 5.39. The highest BCUT2D eigenvalue weighted by Crippen LogP contribution is 2.50. The highest BCUT2D eigenvalue weighted by Gasteiger charge is 2.24. The van der Waals surface area contributed by atoms with Crippen LogP contribution < -0.4 is 0 Å². The van der Waals surface area contributed by atoms with Crippen molar-refractivity contribution in [1.82, 2.24) is 4.73 Å². The van der Waals surface area contributed by atoms with Crippen LogP contribution in [0.2, 0.25) is 0 Å². The van der Waals surface area contributed by atoms with Gasteiger partial charge in [0, 0.05) is 12.1 Å². The summed E-state index contributed by atoms with van der Waals surface area (Å²) in [5, 5.41) is 67.1. The van der Waals surface area contributed by atoms with E-state index in [-0.39, 0.29) is 21.8 Å². The minimum atomic E-state index is -0.836. The molecule has 8 heteroatoms. The highest BCUT2D eigenvalue weighted by molar-refractivity contribution is 6.16. The largest absolute Gasteiger partial charge is 0.504 e. The lowest BCUT2D eigenvalue weighted by Crippen LogP contribution is -1.88. The van der Waals surface area contributed by atoms with E-state index in [2.05, 4.69) is 0 Å². The zero-order chi connectivity index (χ0) is 14.8. The van der Waals surface area contributed by atoms with Crippen LogP contribution in [-0.4, -0.2) is 40.6 Å². The van der Waals surface area contributed by atoms with E-state index < -0.39 is 34.5 Å². The van der Waals surface area contributed by atoms with E-state index in [4.69, 9.17) is 0 Å². The van der Waals surface area contributed by atoms with Gasteiger partial charge in [0.15, 0.2) is 23.0 Å². The zero-order valence-electron chi connectivity index (χ0n) is 9.73. The van der Waals surface area contributed by atoms with E-state index in [1.165, 1.54) is 0 Å². The molecule has 0 aliphatic rings. The topological polar surface area (TPSA) is 147 Å². The third kappa shape index (κ3) is 1.19. The third-order valence-electron chi connectivity index (χ3n) is 3.17. The molecule has 0 aliphatic heterocycles. The third-order valence-corrected chi connectivity index (χ3v) is 3.17. The second-order valence-corrected chi connectivity index (χ2v) is 4.29. The first-order chi connectivity index (χ1) is 9.34. The van der Waals surface area contributed by atoms with E-state index in [1.807, 2.05) is 0 Å². The van der Waals surface area contributed by atoms with Gasteiger partial charge in [-0.05, 0) is 0 Å². The lowest BCUT2D eigenvalue weighted by Gasteiger charge is -2.04. The summed E-state index contributed by atoms with van der Waals surface area (Å²) in [6.07, 6.45) is 0. The molecule has 0 atom stereocenters. The van der Waals surface area contributed by atoms with Gasteiger partial charge in [-0.15, -0.1) is 0 Å². The Morgan fingerprint density at radius 1 is 0.600 bits per heavy atom. The Labute approximate surface area is 110 Å². The molecule has 0 spiro atoms. The molecule has 0 radical (unpaired) electrons. The van der Waals surface area contributed by atoms with Gasteiger partial charge in [0.1, 0.15) is 0 Å². The van der Waals surface area contributed by atoms with Crippen LogP contribution >= 0.6 is 0 Å². The standard InChI is InChI=1S/C12H9NO7/c14-5-1-3-7(11(18)9(5)16)8-4(13(3)20)2-6(15)10(17)12(8)19/h1-2,14-20H. The summed E-state index contributed by atoms with van der Waals surface area (Å²) in [7, 11) is 0. The number of nitrogens with zero attached hydrogens (tertiary/aromatic N) is 1. The van der Waals surface area contributed by atoms with Gasteiger partial charge < -0.3 is 35.8 Å². The molecule has 1 heterocycles. The lowest BCUT2D eigenvalue weighted by atomic mass is 10.1. The summed E-state index contributed by atoms with van der Waals surface area (Å²) in [5.74, 6) is -4.59. The fourth-order valence-electron chi connectivity index (χ4n) is 2.22. The van der Waals surface area contributed by atoms with Crippen LogP contribution in [0.3, 0.4) is 0 Å². The predicted molar refractivity (Wildman–Crippen MR) is 66.6 cm³/mol. The minimum absolute atomic E-state index is 0.131. The molecule has 3 aromatic rings. The van der Waals surface area contributed by atoms with Gasteiger partial charge in [-0.25, -0.2) is 0 Å². The minimum Gasteiger partial charge on any atom is -0.504 e. The van der Waals surface area contributed by atoms with Crippen LogP contribution in [0.15, 0.2) is 12.1 Å². The summed E-state index contributed by atoms with van der Waals surface area (Å²) in [6, 6.07) is 1.91. The van der Waals surface area contributed by atoms with Crippen molar-refractivity contribution in [2.24, 2.45) is 0 Å². The molecular formula is C12H9NO7. The van der Waals surface area contributed by atoms with Gasteiger partial charge in [0.2, 0.25) is 11.5 Å². The van der Waals surface area contributed by atoms with Crippen molar-refractivity contribution in [3.05, 3.63) is 12.1 Å². The molecule has 7 N–H and O–H groups in total. The van der Waals surface area contributed by atoms with Crippen LogP contribution in [-0.2, 0) is 0 Å².